The fourth-order valence-electron chi connectivity index (χ4n) is 4.57. The van der Waals surface area contributed by atoms with E-state index in [9.17, 15) is 19.5 Å². The van der Waals surface area contributed by atoms with E-state index in [0.717, 1.165) is 12.8 Å². The fraction of sp³-hybridized carbons (Fsp3) is 0.710. The number of methoxy groups -OCH3 is 1. The molecule has 0 heterocycles. The molecule has 10 heteroatoms. The zero-order chi connectivity index (χ0) is 30.9. The van der Waals surface area contributed by atoms with Gasteiger partial charge in [0.25, 0.3) is 5.91 Å². The van der Waals surface area contributed by atoms with Gasteiger partial charge in [0, 0.05) is 45.8 Å². The van der Waals surface area contributed by atoms with Crippen LogP contribution < -0.4 is 26.4 Å². The molecule has 1 unspecified atom stereocenters. The van der Waals surface area contributed by atoms with Gasteiger partial charge in [-0.1, -0.05) is 46.8 Å². The zero-order valence-electron chi connectivity index (χ0n) is 26.1. The number of nitrogens with one attached hydrogen (secondary N) is 3. The summed E-state index contributed by atoms with van der Waals surface area (Å²) in [7, 11) is 3.23. The number of amides is 3. The second-order valence-electron chi connectivity index (χ2n) is 11.6. The minimum Gasteiger partial charge on any atom is -0.493 e. The summed E-state index contributed by atoms with van der Waals surface area (Å²) in [4.78, 5) is 37.7. The van der Waals surface area contributed by atoms with Crippen LogP contribution in [0, 0.1) is 29.6 Å². The zero-order valence-corrected chi connectivity index (χ0v) is 26.1. The lowest BCUT2D eigenvalue weighted by atomic mass is 9.83. The summed E-state index contributed by atoms with van der Waals surface area (Å²) in [5, 5.41) is 19.4. The number of aliphatic hydroxyl groups excluding tert-OH is 1. The molecule has 0 spiro atoms. The van der Waals surface area contributed by atoms with Crippen LogP contribution in [0.3, 0.4) is 0 Å². The normalized spacial score (nSPS) is 15.1. The van der Waals surface area contributed by atoms with Crippen LogP contribution in [0.1, 0.15) is 70.7 Å². The number of hydrogen-bond donors (Lipinski definition) is 5. The highest BCUT2D eigenvalue weighted by Gasteiger charge is 2.30. The number of nitrogens with two attached hydrogens (primary N) is 1. The van der Waals surface area contributed by atoms with Gasteiger partial charge in [-0.05, 0) is 55.6 Å². The Bertz CT molecular complexity index is 926. The molecule has 0 aliphatic carbocycles. The summed E-state index contributed by atoms with van der Waals surface area (Å²) in [5.74, 6) is -0.626. The summed E-state index contributed by atoms with van der Waals surface area (Å²) in [5.41, 5.74) is 6.91. The number of carbonyl (C=O) groups excluding carboxylic acids is 3. The van der Waals surface area contributed by atoms with E-state index in [4.69, 9.17) is 15.2 Å². The first kappa shape index (κ1) is 36.3. The van der Waals surface area contributed by atoms with Crippen LogP contribution in [-0.2, 0) is 14.3 Å². The number of para-hydroxylation sites is 1. The maximum Gasteiger partial charge on any atom is 0.255 e. The summed E-state index contributed by atoms with van der Waals surface area (Å²) in [6, 6.07) is 6.61. The minimum atomic E-state index is -0.895. The second-order valence-corrected chi connectivity index (χ2v) is 11.6. The number of carbonyl (C=O) groups is 3. The van der Waals surface area contributed by atoms with Gasteiger partial charge in [-0.3, -0.25) is 14.4 Å². The van der Waals surface area contributed by atoms with Crippen LogP contribution in [0.5, 0.6) is 5.75 Å². The Morgan fingerprint density at radius 1 is 0.902 bits per heavy atom. The van der Waals surface area contributed by atoms with Crippen molar-refractivity contribution in [1.82, 2.24) is 16.0 Å². The molecule has 1 aromatic carbocycles. The smallest absolute Gasteiger partial charge is 0.255 e. The molecule has 1 rings (SSSR count). The number of benzene rings is 1. The average Bonchev–Trinajstić information content (AvgIpc) is 2.95. The van der Waals surface area contributed by atoms with Gasteiger partial charge in [0.15, 0.2) is 0 Å². The van der Waals surface area contributed by atoms with Crippen LogP contribution >= 0.6 is 0 Å². The molecule has 10 nitrogen and oxygen atoms in total. The van der Waals surface area contributed by atoms with Crippen molar-refractivity contribution >= 4 is 17.7 Å². The van der Waals surface area contributed by atoms with Crippen LogP contribution in [-0.4, -0.2) is 75.4 Å². The first-order valence-corrected chi connectivity index (χ1v) is 14.8. The molecule has 0 bridgehead atoms. The third-order valence-electron chi connectivity index (χ3n) is 7.58. The van der Waals surface area contributed by atoms with E-state index in [-0.39, 0.29) is 54.4 Å². The molecule has 234 valence electrons. The first-order chi connectivity index (χ1) is 19.4. The second kappa shape index (κ2) is 19.4. The maximum atomic E-state index is 13.1. The Balaban J connectivity index is 2.72. The number of ether oxygens (including phenoxy) is 2. The summed E-state index contributed by atoms with van der Waals surface area (Å²) in [6.45, 7) is 11.5. The van der Waals surface area contributed by atoms with Crippen molar-refractivity contribution in [3.8, 4) is 5.75 Å². The predicted molar refractivity (Wildman–Crippen MR) is 161 cm³/mol. The fourth-order valence-corrected chi connectivity index (χ4v) is 4.57. The highest BCUT2D eigenvalue weighted by atomic mass is 16.5. The largest absolute Gasteiger partial charge is 0.493 e. The van der Waals surface area contributed by atoms with E-state index in [0.29, 0.717) is 37.5 Å². The van der Waals surface area contributed by atoms with E-state index < -0.39 is 18.1 Å². The van der Waals surface area contributed by atoms with Gasteiger partial charge in [0.05, 0.1) is 24.2 Å². The van der Waals surface area contributed by atoms with Crippen LogP contribution in [0.4, 0.5) is 0 Å². The number of unbranched alkanes of at least 4 members (excludes halogenated alkanes) is 1. The highest BCUT2D eigenvalue weighted by Crippen LogP contribution is 2.24. The van der Waals surface area contributed by atoms with Crippen molar-refractivity contribution in [2.75, 3.05) is 40.5 Å². The quantitative estimate of drug-likeness (QED) is 0.149. The third kappa shape index (κ3) is 13.2. The molecule has 1 aromatic rings. The van der Waals surface area contributed by atoms with Crippen LogP contribution in [0.25, 0.3) is 0 Å². The van der Waals surface area contributed by atoms with E-state index in [1.54, 1.807) is 39.3 Å². The van der Waals surface area contributed by atoms with Gasteiger partial charge in [-0.25, -0.2) is 0 Å². The molecule has 0 saturated carbocycles. The van der Waals surface area contributed by atoms with Crippen LogP contribution in [0.15, 0.2) is 24.3 Å². The van der Waals surface area contributed by atoms with Crippen molar-refractivity contribution in [2.24, 2.45) is 35.3 Å². The Labute approximate surface area is 246 Å². The molecule has 0 aliphatic rings. The Kier molecular flexibility index (Phi) is 17.2. The summed E-state index contributed by atoms with van der Waals surface area (Å²) >= 11 is 0. The van der Waals surface area contributed by atoms with E-state index in [1.807, 2.05) is 19.9 Å². The molecule has 3 amide bonds. The van der Waals surface area contributed by atoms with Gasteiger partial charge in [-0.15, -0.1) is 0 Å². The highest BCUT2D eigenvalue weighted by molar-refractivity contribution is 5.96. The van der Waals surface area contributed by atoms with Crippen LogP contribution in [0.2, 0.25) is 0 Å². The van der Waals surface area contributed by atoms with Gasteiger partial charge >= 0.3 is 0 Å². The van der Waals surface area contributed by atoms with Crippen molar-refractivity contribution in [1.29, 1.82) is 0 Å². The lowest BCUT2D eigenvalue weighted by molar-refractivity contribution is -0.128. The summed E-state index contributed by atoms with van der Waals surface area (Å²) < 4.78 is 10.9. The van der Waals surface area contributed by atoms with Crippen molar-refractivity contribution < 1.29 is 29.0 Å². The van der Waals surface area contributed by atoms with Gasteiger partial charge in [-0.2, -0.15) is 0 Å². The standard InChI is InChI=1S/C31H54N4O6/c1-20(2)23(19-35-30(38)24-12-8-9-13-28(24)41-15-11-10-14-40-7)16-26(32)27(36)17-25(21(3)4)31(39)34-18-22(5)29(37)33-6/h8-9,12-13,20-23,25-27,36H,10-11,14-19,32H2,1-7H3,(H,33,37)(H,34,39)(H,35,38)/t22?,23-,25+,26+,27+/m1/s1. The lowest BCUT2D eigenvalue weighted by Gasteiger charge is -2.30. The number of hydrogen-bond acceptors (Lipinski definition) is 7. The maximum absolute atomic E-state index is 13.1. The Morgan fingerprint density at radius 3 is 2.17 bits per heavy atom. The molecular weight excluding hydrogens is 524 g/mol. The van der Waals surface area contributed by atoms with Gasteiger partial charge in [0.2, 0.25) is 11.8 Å². The van der Waals surface area contributed by atoms with E-state index in [1.165, 1.54) is 0 Å². The van der Waals surface area contributed by atoms with E-state index in [2.05, 4.69) is 29.8 Å². The number of rotatable bonds is 20. The molecule has 0 aromatic heterocycles. The minimum absolute atomic E-state index is 0.0189. The van der Waals surface area contributed by atoms with Gasteiger partial charge in [0.1, 0.15) is 5.75 Å². The third-order valence-corrected chi connectivity index (χ3v) is 7.58. The van der Waals surface area contributed by atoms with Crippen molar-refractivity contribution in [2.45, 2.75) is 72.4 Å². The van der Waals surface area contributed by atoms with Crippen molar-refractivity contribution in [3.05, 3.63) is 29.8 Å². The molecule has 0 radical (unpaired) electrons. The molecular formula is C31H54N4O6. The molecule has 5 atom stereocenters. The topological polar surface area (TPSA) is 152 Å². The number of aliphatic hydroxyl groups is 1. The van der Waals surface area contributed by atoms with Crippen molar-refractivity contribution in [3.63, 3.8) is 0 Å². The molecule has 6 N–H and O–H groups in total. The Hall–Kier alpha value is -2.69. The Morgan fingerprint density at radius 2 is 1.56 bits per heavy atom. The molecule has 0 fully saturated rings. The molecule has 0 aliphatic heterocycles. The summed E-state index contributed by atoms with van der Waals surface area (Å²) in [6.07, 6.45) is 1.51. The first-order valence-electron chi connectivity index (χ1n) is 14.8. The SMILES string of the molecule is CNC(=O)C(C)CNC(=O)[C@@H](C[C@H](O)[C@@H](N)C[C@H](CNC(=O)c1ccccc1OCCCCOC)C(C)C)C(C)C. The van der Waals surface area contributed by atoms with Gasteiger partial charge < -0.3 is 36.3 Å². The monoisotopic (exact) mass is 578 g/mol. The molecule has 41 heavy (non-hydrogen) atoms. The lowest BCUT2D eigenvalue weighted by Crippen LogP contribution is -2.45. The van der Waals surface area contributed by atoms with E-state index >= 15 is 0 Å². The molecule has 0 saturated heterocycles. The average molecular weight is 579 g/mol. The predicted octanol–water partition coefficient (Wildman–Crippen LogP) is 2.73.